The molecule has 0 spiro atoms. The number of hydrogen-bond acceptors (Lipinski definition) is 5. The van der Waals surface area contributed by atoms with Gasteiger partial charge in [-0.05, 0) is 36.4 Å². The van der Waals surface area contributed by atoms with Crippen molar-refractivity contribution in [3.63, 3.8) is 0 Å². The molecule has 7 heteroatoms. The maximum atomic E-state index is 12.6. The van der Waals surface area contributed by atoms with Crippen molar-refractivity contribution in [1.82, 2.24) is 0 Å². The van der Waals surface area contributed by atoms with E-state index in [1.165, 1.54) is 49.4 Å². The molecule has 0 fully saturated rings. The van der Waals surface area contributed by atoms with Crippen LogP contribution < -0.4 is 11.1 Å². The van der Waals surface area contributed by atoms with Crippen molar-refractivity contribution in [2.45, 2.75) is 16.7 Å². The first kappa shape index (κ1) is 15.5. The molecule has 2 rings (SSSR count). The highest BCUT2D eigenvalue weighted by atomic mass is 32.2. The minimum Gasteiger partial charge on any atom is -0.397 e. The number of hydrogen-bond donors (Lipinski definition) is 2. The maximum absolute atomic E-state index is 12.6. The van der Waals surface area contributed by atoms with Crippen LogP contribution in [0.4, 0.5) is 11.4 Å². The molecule has 0 saturated heterocycles. The van der Waals surface area contributed by atoms with E-state index in [1.54, 1.807) is 0 Å². The molecule has 22 heavy (non-hydrogen) atoms. The molecule has 0 radical (unpaired) electrons. The highest BCUT2D eigenvalue weighted by Gasteiger charge is 2.19. The van der Waals surface area contributed by atoms with Gasteiger partial charge in [-0.15, -0.1) is 0 Å². The lowest BCUT2D eigenvalue weighted by molar-refractivity contribution is -0.114. The summed E-state index contributed by atoms with van der Waals surface area (Å²) in [6.45, 7) is 1.30. The quantitative estimate of drug-likeness (QED) is 0.840. The third kappa shape index (κ3) is 3.07. The molecule has 2 aromatic carbocycles. The van der Waals surface area contributed by atoms with Crippen molar-refractivity contribution in [1.29, 1.82) is 5.26 Å². The SMILES string of the molecule is CC(=O)Nc1cc(S(=O)(=O)c2cccc(C#N)c2)ccc1N. The average molecular weight is 315 g/mol. The molecular weight excluding hydrogens is 302 g/mol. The van der Waals surface area contributed by atoms with Crippen LogP contribution in [0.5, 0.6) is 0 Å². The smallest absolute Gasteiger partial charge is 0.221 e. The Bertz CT molecular complexity index is 883. The van der Waals surface area contributed by atoms with E-state index in [0.29, 0.717) is 0 Å². The van der Waals surface area contributed by atoms with Crippen LogP contribution in [0.3, 0.4) is 0 Å². The van der Waals surface area contributed by atoms with Crippen LogP contribution in [0.1, 0.15) is 12.5 Å². The summed E-state index contributed by atoms with van der Waals surface area (Å²) in [5.41, 5.74) is 6.45. The van der Waals surface area contributed by atoms with Gasteiger partial charge in [0.25, 0.3) is 0 Å². The molecule has 0 saturated carbocycles. The number of benzene rings is 2. The topological polar surface area (TPSA) is 113 Å². The Morgan fingerprint density at radius 3 is 2.50 bits per heavy atom. The van der Waals surface area contributed by atoms with Gasteiger partial charge in [-0.1, -0.05) is 6.07 Å². The number of amides is 1. The van der Waals surface area contributed by atoms with Gasteiger partial charge >= 0.3 is 0 Å². The number of nitrogens with zero attached hydrogens (tertiary/aromatic N) is 1. The van der Waals surface area contributed by atoms with Gasteiger partial charge in [0.1, 0.15) is 0 Å². The standard InChI is InChI=1S/C15H13N3O3S/c1-10(19)18-15-8-13(5-6-14(15)17)22(20,21)12-4-2-3-11(7-12)9-16/h2-8H,17H2,1H3,(H,18,19). The number of nitrogens with one attached hydrogen (secondary N) is 1. The van der Waals surface area contributed by atoms with Crippen molar-refractivity contribution >= 4 is 27.1 Å². The summed E-state index contributed by atoms with van der Waals surface area (Å²) in [4.78, 5) is 11.1. The number of carbonyl (C=O) groups is 1. The van der Waals surface area contributed by atoms with Crippen LogP contribution in [0.2, 0.25) is 0 Å². The molecule has 0 aliphatic rings. The first-order valence-corrected chi connectivity index (χ1v) is 7.75. The number of nitriles is 1. The predicted molar refractivity (Wildman–Crippen MR) is 81.8 cm³/mol. The lowest BCUT2D eigenvalue weighted by Gasteiger charge is -2.10. The second-order valence-corrected chi connectivity index (χ2v) is 6.52. The molecule has 6 nitrogen and oxygen atoms in total. The summed E-state index contributed by atoms with van der Waals surface area (Å²) in [5.74, 6) is -0.354. The normalized spacial score (nSPS) is 10.7. The van der Waals surface area contributed by atoms with E-state index in [0.717, 1.165) is 0 Å². The predicted octanol–water partition coefficient (Wildman–Crippen LogP) is 1.93. The van der Waals surface area contributed by atoms with Crippen molar-refractivity contribution in [2.75, 3.05) is 11.1 Å². The van der Waals surface area contributed by atoms with Gasteiger partial charge in [0.15, 0.2) is 0 Å². The number of sulfone groups is 1. The van der Waals surface area contributed by atoms with Crippen LogP contribution in [0, 0.1) is 11.3 Å². The molecule has 2 aromatic rings. The molecule has 0 unspecified atom stereocenters. The summed E-state index contributed by atoms with van der Waals surface area (Å²) >= 11 is 0. The van der Waals surface area contributed by atoms with E-state index >= 15 is 0 Å². The second-order valence-electron chi connectivity index (χ2n) is 4.57. The molecular formula is C15H13N3O3S. The lowest BCUT2D eigenvalue weighted by atomic mass is 10.2. The minimum absolute atomic E-state index is 0.00472. The first-order valence-electron chi connectivity index (χ1n) is 6.27. The van der Waals surface area contributed by atoms with Crippen LogP contribution >= 0.6 is 0 Å². The average Bonchev–Trinajstić information content (AvgIpc) is 2.49. The summed E-state index contributed by atoms with van der Waals surface area (Å²) in [6.07, 6.45) is 0. The van der Waals surface area contributed by atoms with Gasteiger partial charge in [0, 0.05) is 6.92 Å². The minimum atomic E-state index is -3.80. The zero-order valence-corrected chi connectivity index (χ0v) is 12.5. The molecule has 0 bridgehead atoms. The third-order valence-corrected chi connectivity index (χ3v) is 4.67. The van der Waals surface area contributed by atoms with Gasteiger partial charge in [0.05, 0.1) is 32.8 Å². The molecule has 1 amide bonds. The molecule has 0 aliphatic heterocycles. The van der Waals surface area contributed by atoms with E-state index in [9.17, 15) is 13.2 Å². The number of anilines is 2. The molecule has 0 atom stereocenters. The highest BCUT2D eigenvalue weighted by molar-refractivity contribution is 7.91. The van der Waals surface area contributed by atoms with E-state index in [-0.39, 0.29) is 32.6 Å². The summed E-state index contributed by atoms with van der Waals surface area (Å²) < 4.78 is 25.2. The Hall–Kier alpha value is -2.85. The number of nitrogen functional groups attached to an aromatic ring is 1. The molecule has 0 aromatic heterocycles. The van der Waals surface area contributed by atoms with Crippen molar-refractivity contribution < 1.29 is 13.2 Å². The van der Waals surface area contributed by atoms with Crippen molar-refractivity contribution in [3.8, 4) is 6.07 Å². The van der Waals surface area contributed by atoms with E-state index < -0.39 is 9.84 Å². The van der Waals surface area contributed by atoms with E-state index in [2.05, 4.69) is 5.32 Å². The van der Waals surface area contributed by atoms with Crippen molar-refractivity contribution in [3.05, 3.63) is 48.0 Å². The van der Waals surface area contributed by atoms with Crippen LogP contribution in [0.25, 0.3) is 0 Å². The molecule has 0 heterocycles. The van der Waals surface area contributed by atoms with Gasteiger partial charge in [-0.25, -0.2) is 8.42 Å². The zero-order valence-electron chi connectivity index (χ0n) is 11.7. The van der Waals surface area contributed by atoms with Gasteiger partial charge in [-0.3, -0.25) is 4.79 Å². The third-order valence-electron chi connectivity index (χ3n) is 2.92. The van der Waals surface area contributed by atoms with Crippen LogP contribution in [-0.2, 0) is 14.6 Å². The molecule has 112 valence electrons. The monoisotopic (exact) mass is 315 g/mol. The molecule has 3 N–H and O–H groups in total. The van der Waals surface area contributed by atoms with E-state index in [4.69, 9.17) is 11.0 Å². The Balaban J connectivity index is 2.54. The van der Waals surface area contributed by atoms with Gasteiger partial charge in [0.2, 0.25) is 15.7 Å². The summed E-state index contributed by atoms with van der Waals surface area (Å²) in [7, 11) is -3.80. The largest absolute Gasteiger partial charge is 0.397 e. The first-order chi connectivity index (χ1) is 10.3. The summed E-state index contributed by atoms with van der Waals surface area (Å²) in [5, 5.41) is 11.3. The Kier molecular flexibility index (Phi) is 4.15. The zero-order chi connectivity index (χ0) is 16.3. The Labute approximate surface area is 128 Å². The maximum Gasteiger partial charge on any atom is 0.221 e. The number of nitrogens with two attached hydrogens (primary N) is 1. The Morgan fingerprint density at radius 2 is 1.86 bits per heavy atom. The van der Waals surface area contributed by atoms with Crippen LogP contribution in [-0.4, -0.2) is 14.3 Å². The fraction of sp³-hybridized carbons (Fsp3) is 0.0667. The fourth-order valence-electron chi connectivity index (χ4n) is 1.87. The Morgan fingerprint density at radius 1 is 1.18 bits per heavy atom. The van der Waals surface area contributed by atoms with Gasteiger partial charge < -0.3 is 11.1 Å². The second kappa shape index (κ2) is 5.87. The van der Waals surface area contributed by atoms with Crippen molar-refractivity contribution in [2.24, 2.45) is 0 Å². The fourth-order valence-corrected chi connectivity index (χ4v) is 3.20. The highest BCUT2D eigenvalue weighted by Crippen LogP contribution is 2.27. The summed E-state index contributed by atoms with van der Waals surface area (Å²) in [6, 6.07) is 11.7. The van der Waals surface area contributed by atoms with Crippen LogP contribution in [0.15, 0.2) is 52.3 Å². The lowest BCUT2D eigenvalue weighted by Crippen LogP contribution is -2.10. The molecule has 0 aliphatic carbocycles. The van der Waals surface area contributed by atoms with E-state index in [1.807, 2.05) is 6.07 Å². The number of rotatable bonds is 3. The number of carbonyl (C=O) groups excluding carboxylic acids is 1. The van der Waals surface area contributed by atoms with Gasteiger partial charge in [-0.2, -0.15) is 5.26 Å².